The summed E-state index contributed by atoms with van der Waals surface area (Å²) in [5.41, 5.74) is 1.24. The van der Waals surface area contributed by atoms with E-state index in [1.54, 1.807) is 31.2 Å². The van der Waals surface area contributed by atoms with Gasteiger partial charge in [0.15, 0.2) is 11.5 Å². The average molecular weight is 244 g/mol. The fourth-order valence-corrected chi connectivity index (χ4v) is 1.99. The smallest absolute Gasteiger partial charge is 0.228 e. The van der Waals surface area contributed by atoms with Crippen LogP contribution in [0, 0.1) is 0 Å². The highest BCUT2D eigenvalue weighted by atomic mass is 16.6. The number of ketones is 2. The first-order chi connectivity index (χ1) is 8.68. The number of rotatable bonds is 3. The van der Waals surface area contributed by atoms with Crippen LogP contribution in [0.15, 0.2) is 35.6 Å². The third kappa shape index (κ3) is 1.75. The van der Waals surface area contributed by atoms with Gasteiger partial charge in [-0.05, 0) is 6.92 Å². The van der Waals surface area contributed by atoms with Gasteiger partial charge in [0.2, 0.25) is 5.78 Å². The molecule has 1 aromatic rings. The van der Waals surface area contributed by atoms with Gasteiger partial charge in [0.25, 0.3) is 0 Å². The van der Waals surface area contributed by atoms with Crippen molar-refractivity contribution in [1.29, 1.82) is 0 Å². The Kier molecular flexibility index (Phi) is 2.52. The lowest BCUT2D eigenvalue weighted by molar-refractivity contribution is 0.0857. The molecule has 2 aliphatic rings. The molecule has 0 saturated carbocycles. The quantitative estimate of drug-likeness (QED) is 0.760. The van der Waals surface area contributed by atoms with Crippen LogP contribution in [0.3, 0.4) is 0 Å². The van der Waals surface area contributed by atoms with Crippen LogP contribution in [-0.4, -0.2) is 30.9 Å². The van der Waals surface area contributed by atoms with Crippen molar-refractivity contribution in [2.75, 3.05) is 13.2 Å². The summed E-state index contributed by atoms with van der Waals surface area (Å²) >= 11 is 0. The fourth-order valence-electron chi connectivity index (χ4n) is 1.99. The van der Waals surface area contributed by atoms with Crippen LogP contribution in [0.5, 0.6) is 0 Å². The van der Waals surface area contributed by atoms with Crippen molar-refractivity contribution in [3.63, 3.8) is 0 Å². The van der Waals surface area contributed by atoms with Crippen LogP contribution < -0.4 is 0 Å². The Morgan fingerprint density at radius 2 is 1.83 bits per heavy atom. The first kappa shape index (κ1) is 11.2. The number of hydrogen-bond acceptors (Lipinski definition) is 4. The fraction of sp³-hybridized carbons (Fsp3) is 0.286. The van der Waals surface area contributed by atoms with Gasteiger partial charge in [-0.3, -0.25) is 9.59 Å². The third-order valence-electron chi connectivity index (χ3n) is 3.12. The van der Waals surface area contributed by atoms with Crippen LogP contribution in [0.4, 0.5) is 0 Å². The Morgan fingerprint density at radius 1 is 1.22 bits per heavy atom. The van der Waals surface area contributed by atoms with Crippen LogP contribution in [0.1, 0.15) is 27.6 Å². The molecule has 3 rings (SSSR count). The molecule has 0 radical (unpaired) electrons. The monoisotopic (exact) mass is 244 g/mol. The lowest BCUT2D eigenvalue weighted by Gasteiger charge is -2.18. The van der Waals surface area contributed by atoms with Crippen LogP contribution in [-0.2, 0) is 9.47 Å². The minimum absolute atomic E-state index is 0.0605. The normalized spacial score (nSPS) is 21.9. The molecule has 1 saturated heterocycles. The van der Waals surface area contributed by atoms with Crippen LogP contribution in [0.25, 0.3) is 0 Å². The van der Waals surface area contributed by atoms with E-state index in [-0.39, 0.29) is 23.4 Å². The van der Waals surface area contributed by atoms with E-state index in [9.17, 15) is 9.59 Å². The number of allylic oxidation sites excluding steroid dienone is 2. The molecule has 0 N–H and O–H groups in total. The van der Waals surface area contributed by atoms with Crippen molar-refractivity contribution in [2.45, 2.75) is 13.0 Å². The minimum atomic E-state index is -0.219. The van der Waals surface area contributed by atoms with Crippen LogP contribution >= 0.6 is 0 Å². The molecule has 0 bridgehead atoms. The molecule has 1 heterocycles. The van der Waals surface area contributed by atoms with Crippen molar-refractivity contribution in [1.82, 2.24) is 0 Å². The molecular weight excluding hydrogens is 232 g/mol. The SMILES string of the molecule is CC1=C(OCC2CO2)C(=O)c2ccccc2C1=O. The van der Waals surface area contributed by atoms with Gasteiger partial charge in [-0.2, -0.15) is 0 Å². The Hall–Kier alpha value is -1.94. The summed E-state index contributed by atoms with van der Waals surface area (Å²) in [5, 5.41) is 0. The summed E-state index contributed by atoms with van der Waals surface area (Å²) in [6.45, 7) is 2.61. The zero-order chi connectivity index (χ0) is 12.7. The van der Waals surface area contributed by atoms with Gasteiger partial charge in [-0.25, -0.2) is 0 Å². The molecule has 1 aromatic carbocycles. The van der Waals surface area contributed by atoms with E-state index < -0.39 is 0 Å². The number of hydrogen-bond donors (Lipinski definition) is 0. The largest absolute Gasteiger partial charge is 0.486 e. The predicted octanol–water partition coefficient (Wildman–Crippen LogP) is 1.75. The van der Waals surface area contributed by atoms with Crippen LogP contribution in [0.2, 0.25) is 0 Å². The van der Waals surface area contributed by atoms with Crippen molar-refractivity contribution >= 4 is 11.6 Å². The number of Topliss-reactive ketones (excluding diaryl/α,β-unsaturated/α-hetero) is 2. The summed E-state index contributed by atoms with van der Waals surface area (Å²) in [6, 6.07) is 6.81. The molecule has 1 atom stereocenters. The average Bonchev–Trinajstić information content (AvgIpc) is 3.20. The first-order valence-corrected chi connectivity index (χ1v) is 5.82. The van der Waals surface area contributed by atoms with E-state index in [1.807, 2.05) is 0 Å². The Bertz CT molecular complexity index is 567. The molecule has 4 nitrogen and oxygen atoms in total. The van der Waals surface area contributed by atoms with E-state index in [2.05, 4.69) is 0 Å². The number of fused-ring (bicyclic) bond motifs is 1. The van der Waals surface area contributed by atoms with Crippen molar-refractivity contribution < 1.29 is 19.1 Å². The minimum Gasteiger partial charge on any atom is -0.486 e. The van der Waals surface area contributed by atoms with Gasteiger partial charge in [0, 0.05) is 16.7 Å². The summed E-state index contributed by atoms with van der Waals surface area (Å²) in [4.78, 5) is 24.3. The number of epoxide rings is 1. The van der Waals surface area contributed by atoms with E-state index in [1.165, 1.54) is 0 Å². The third-order valence-corrected chi connectivity index (χ3v) is 3.12. The summed E-state index contributed by atoms with van der Waals surface area (Å²) in [5.74, 6) is -0.200. The summed E-state index contributed by atoms with van der Waals surface area (Å²) in [6.07, 6.45) is 0.0605. The topological polar surface area (TPSA) is 55.9 Å². The zero-order valence-corrected chi connectivity index (χ0v) is 9.93. The highest BCUT2D eigenvalue weighted by Crippen LogP contribution is 2.27. The molecule has 0 spiro atoms. The molecular formula is C14H12O4. The molecule has 4 heteroatoms. The number of carbonyl (C=O) groups excluding carboxylic acids is 2. The Morgan fingerprint density at radius 3 is 2.44 bits per heavy atom. The lowest BCUT2D eigenvalue weighted by atomic mass is 9.89. The summed E-state index contributed by atoms with van der Waals surface area (Å²) in [7, 11) is 0. The molecule has 1 unspecified atom stereocenters. The predicted molar refractivity (Wildman–Crippen MR) is 63.5 cm³/mol. The number of ether oxygens (including phenoxy) is 2. The van der Waals surface area contributed by atoms with Crippen molar-refractivity contribution in [2.24, 2.45) is 0 Å². The number of carbonyl (C=O) groups is 2. The zero-order valence-electron chi connectivity index (χ0n) is 9.93. The Labute approximate surface area is 104 Å². The van der Waals surface area contributed by atoms with E-state index >= 15 is 0 Å². The second kappa shape index (κ2) is 4.07. The molecule has 0 amide bonds. The molecule has 1 aliphatic heterocycles. The molecule has 1 aliphatic carbocycles. The van der Waals surface area contributed by atoms with Gasteiger partial charge in [0.1, 0.15) is 12.7 Å². The number of benzene rings is 1. The lowest BCUT2D eigenvalue weighted by Crippen LogP contribution is -2.23. The molecule has 18 heavy (non-hydrogen) atoms. The van der Waals surface area contributed by atoms with E-state index in [0.29, 0.717) is 29.9 Å². The van der Waals surface area contributed by atoms with Gasteiger partial charge < -0.3 is 9.47 Å². The highest BCUT2D eigenvalue weighted by molar-refractivity contribution is 6.25. The molecule has 1 fully saturated rings. The maximum Gasteiger partial charge on any atom is 0.228 e. The standard InChI is InChI=1S/C14H12O4/c1-8-12(15)10-4-2-3-5-11(10)13(16)14(8)18-7-9-6-17-9/h2-5,9H,6-7H2,1H3. The van der Waals surface area contributed by atoms with E-state index in [0.717, 1.165) is 0 Å². The summed E-state index contributed by atoms with van der Waals surface area (Å²) < 4.78 is 10.5. The van der Waals surface area contributed by atoms with Gasteiger partial charge >= 0.3 is 0 Å². The maximum atomic E-state index is 12.2. The second-order valence-electron chi connectivity index (χ2n) is 4.42. The first-order valence-electron chi connectivity index (χ1n) is 5.82. The molecule has 0 aromatic heterocycles. The van der Waals surface area contributed by atoms with E-state index in [4.69, 9.17) is 9.47 Å². The van der Waals surface area contributed by atoms with Gasteiger partial charge in [0.05, 0.1) is 6.61 Å². The van der Waals surface area contributed by atoms with Crippen molar-refractivity contribution in [3.8, 4) is 0 Å². The molecule has 92 valence electrons. The van der Waals surface area contributed by atoms with Gasteiger partial charge in [-0.15, -0.1) is 0 Å². The highest BCUT2D eigenvalue weighted by Gasteiger charge is 2.32. The van der Waals surface area contributed by atoms with Crippen molar-refractivity contribution in [3.05, 3.63) is 46.7 Å². The maximum absolute atomic E-state index is 12.2. The van der Waals surface area contributed by atoms with Gasteiger partial charge in [-0.1, -0.05) is 24.3 Å². The Balaban J connectivity index is 1.96. The second-order valence-corrected chi connectivity index (χ2v) is 4.42.